The van der Waals surface area contributed by atoms with Crippen LogP contribution in [-0.2, 0) is 16.6 Å². The molecule has 0 atom stereocenters. The van der Waals surface area contributed by atoms with Gasteiger partial charge in [-0.15, -0.1) is 0 Å². The van der Waals surface area contributed by atoms with Crippen molar-refractivity contribution in [2.45, 2.75) is 25.6 Å². The molecule has 2 rings (SSSR count). The molecular weight excluding hydrogens is 288 g/mol. The molecule has 2 aromatic rings. The number of aromatic nitrogens is 2. The van der Waals surface area contributed by atoms with E-state index in [1.807, 2.05) is 12.1 Å². The molecule has 0 spiro atoms. The van der Waals surface area contributed by atoms with Gasteiger partial charge in [-0.2, -0.15) is 0 Å². The first-order valence-electron chi connectivity index (χ1n) is 6.58. The Balaban J connectivity index is 1.96. The van der Waals surface area contributed by atoms with Crippen molar-refractivity contribution in [1.29, 1.82) is 0 Å². The largest absolute Gasteiger partial charge is 0.366 e. The van der Waals surface area contributed by atoms with Crippen LogP contribution >= 0.6 is 0 Å². The van der Waals surface area contributed by atoms with Gasteiger partial charge in [0.1, 0.15) is 12.1 Å². The molecule has 0 aliphatic heterocycles. The minimum Gasteiger partial charge on any atom is -0.366 e. The summed E-state index contributed by atoms with van der Waals surface area (Å²) in [6, 6.07) is 9.01. The fourth-order valence-electron chi connectivity index (χ4n) is 1.56. The third-order valence-corrected chi connectivity index (χ3v) is 4.65. The van der Waals surface area contributed by atoms with E-state index in [2.05, 4.69) is 20.0 Å². The molecule has 0 amide bonds. The van der Waals surface area contributed by atoms with E-state index in [0.29, 0.717) is 12.2 Å². The van der Waals surface area contributed by atoms with E-state index in [9.17, 15) is 8.42 Å². The lowest BCUT2D eigenvalue weighted by Crippen LogP contribution is -2.22. The highest BCUT2D eigenvalue weighted by Gasteiger charge is 2.15. The van der Waals surface area contributed by atoms with E-state index < -0.39 is 15.3 Å². The number of benzene rings is 1. The van der Waals surface area contributed by atoms with Crippen molar-refractivity contribution in [2.75, 3.05) is 10.0 Å². The quantitative estimate of drug-likeness (QED) is 0.855. The van der Waals surface area contributed by atoms with Gasteiger partial charge in [0.25, 0.3) is 0 Å². The molecule has 21 heavy (non-hydrogen) atoms. The van der Waals surface area contributed by atoms with Crippen molar-refractivity contribution in [3.63, 3.8) is 0 Å². The molecule has 1 heterocycles. The predicted molar refractivity (Wildman–Crippen MR) is 83.5 cm³/mol. The third kappa shape index (κ3) is 4.42. The van der Waals surface area contributed by atoms with Crippen molar-refractivity contribution >= 4 is 21.5 Å². The smallest absolute Gasteiger partial charge is 0.235 e. The van der Waals surface area contributed by atoms with Crippen LogP contribution in [0.3, 0.4) is 0 Å². The Bertz CT molecular complexity index is 670. The fourth-order valence-corrected chi connectivity index (χ4v) is 2.26. The Morgan fingerprint density at radius 1 is 1.14 bits per heavy atom. The Morgan fingerprint density at radius 3 is 2.43 bits per heavy atom. The molecule has 0 saturated heterocycles. The van der Waals surface area contributed by atoms with Crippen molar-refractivity contribution < 1.29 is 8.42 Å². The zero-order valence-electron chi connectivity index (χ0n) is 11.9. The minimum absolute atomic E-state index is 0.461. The number of rotatable bonds is 6. The molecule has 112 valence electrons. The maximum absolute atomic E-state index is 11.8. The van der Waals surface area contributed by atoms with Crippen LogP contribution in [0, 0.1) is 0 Å². The van der Waals surface area contributed by atoms with Crippen LogP contribution in [0.4, 0.5) is 11.5 Å². The zero-order valence-corrected chi connectivity index (χ0v) is 12.8. The Morgan fingerprint density at radius 2 is 1.86 bits per heavy atom. The SMILES string of the molecule is CC(C)S(=O)(=O)Nc1ccc(CNc2ccncn2)cc1. The van der Waals surface area contributed by atoms with Gasteiger partial charge in [0.15, 0.2) is 0 Å². The van der Waals surface area contributed by atoms with E-state index in [4.69, 9.17) is 0 Å². The molecule has 0 aliphatic rings. The van der Waals surface area contributed by atoms with Gasteiger partial charge in [0.2, 0.25) is 10.0 Å². The van der Waals surface area contributed by atoms with Crippen molar-refractivity contribution in [3.05, 3.63) is 48.4 Å². The highest BCUT2D eigenvalue weighted by molar-refractivity contribution is 7.93. The lowest BCUT2D eigenvalue weighted by atomic mass is 10.2. The van der Waals surface area contributed by atoms with Crippen LogP contribution in [-0.4, -0.2) is 23.6 Å². The number of anilines is 2. The monoisotopic (exact) mass is 306 g/mol. The van der Waals surface area contributed by atoms with E-state index in [1.54, 1.807) is 38.2 Å². The Hall–Kier alpha value is -2.15. The molecule has 1 aromatic carbocycles. The second kappa shape index (κ2) is 6.53. The van der Waals surface area contributed by atoms with Gasteiger partial charge in [0, 0.05) is 18.4 Å². The number of hydrogen-bond donors (Lipinski definition) is 2. The summed E-state index contributed by atoms with van der Waals surface area (Å²) in [5.41, 5.74) is 1.59. The summed E-state index contributed by atoms with van der Waals surface area (Å²) in [4.78, 5) is 7.91. The lowest BCUT2D eigenvalue weighted by Gasteiger charge is -2.11. The van der Waals surface area contributed by atoms with Gasteiger partial charge in [-0.3, -0.25) is 4.72 Å². The number of sulfonamides is 1. The molecule has 0 fully saturated rings. The first-order chi connectivity index (χ1) is 9.97. The summed E-state index contributed by atoms with van der Waals surface area (Å²) in [5, 5.41) is 2.70. The van der Waals surface area contributed by atoms with Crippen molar-refractivity contribution in [3.8, 4) is 0 Å². The normalized spacial score (nSPS) is 11.4. The maximum Gasteiger partial charge on any atom is 0.235 e. The standard InChI is InChI=1S/C14H18N4O2S/c1-11(2)21(19,20)18-13-5-3-12(4-6-13)9-16-14-7-8-15-10-17-14/h3-8,10-11,18H,9H2,1-2H3,(H,15,16,17). The molecule has 0 unspecified atom stereocenters. The summed E-state index contributed by atoms with van der Waals surface area (Å²) >= 11 is 0. The molecule has 0 aliphatic carbocycles. The average Bonchev–Trinajstić information content (AvgIpc) is 2.47. The number of hydrogen-bond acceptors (Lipinski definition) is 5. The van der Waals surface area contributed by atoms with E-state index in [-0.39, 0.29) is 0 Å². The topological polar surface area (TPSA) is 84.0 Å². The van der Waals surface area contributed by atoms with Crippen LogP contribution in [0.2, 0.25) is 0 Å². The molecule has 0 bridgehead atoms. The molecular formula is C14H18N4O2S. The summed E-state index contributed by atoms with van der Waals surface area (Å²) in [7, 11) is -3.30. The van der Waals surface area contributed by atoms with Gasteiger partial charge >= 0.3 is 0 Å². The summed E-state index contributed by atoms with van der Waals surface area (Å²) in [6.45, 7) is 3.89. The molecule has 1 aromatic heterocycles. The van der Waals surface area contributed by atoms with Gasteiger partial charge in [-0.25, -0.2) is 18.4 Å². The van der Waals surface area contributed by atoms with Crippen LogP contribution in [0.25, 0.3) is 0 Å². The number of nitrogens with one attached hydrogen (secondary N) is 2. The van der Waals surface area contributed by atoms with Gasteiger partial charge < -0.3 is 5.32 Å². The second-order valence-corrected chi connectivity index (χ2v) is 7.08. The fraction of sp³-hybridized carbons (Fsp3) is 0.286. The zero-order chi connectivity index (χ0) is 15.3. The summed E-state index contributed by atoms with van der Waals surface area (Å²) < 4.78 is 26.1. The van der Waals surface area contributed by atoms with Crippen LogP contribution in [0.15, 0.2) is 42.9 Å². The maximum atomic E-state index is 11.8. The lowest BCUT2D eigenvalue weighted by molar-refractivity contribution is 0.593. The van der Waals surface area contributed by atoms with E-state index in [0.717, 1.165) is 11.4 Å². The molecule has 0 saturated carbocycles. The predicted octanol–water partition coefficient (Wildman–Crippen LogP) is 2.24. The van der Waals surface area contributed by atoms with Crippen LogP contribution in [0.5, 0.6) is 0 Å². The molecule has 0 radical (unpaired) electrons. The average molecular weight is 306 g/mol. The molecule has 6 nitrogen and oxygen atoms in total. The number of nitrogens with zero attached hydrogens (tertiary/aromatic N) is 2. The molecule has 7 heteroatoms. The van der Waals surface area contributed by atoms with Gasteiger partial charge in [0.05, 0.1) is 5.25 Å². The van der Waals surface area contributed by atoms with Crippen LogP contribution < -0.4 is 10.0 Å². The third-order valence-electron chi connectivity index (χ3n) is 2.89. The van der Waals surface area contributed by atoms with E-state index >= 15 is 0 Å². The first-order valence-corrected chi connectivity index (χ1v) is 8.12. The summed E-state index contributed by atoms with van der Waals surface area (Å²) in [5.74, 6) is 0.745. The molecule has 2 N–H and O–H groups in total. The summed E-state index contributed by atoms with van der Waals surface area (Å²) in [6.07, 6.45) is 3.14. The highest BCUT2D eigenvalue weighted by Crippen LogP contribution is 2.14. The van der Waals surface area contributed by atoms with E-state index in [1.165, 1.54) is 6.33 Å². The van der Waals surface area contributed by atoms with Crippen LogP contribution in [0.1, 0.15) is 19.4 Å². The second-order valence-electron chi connectivity index (χ2n) is 4.84. The van der Waals surface area contributed by atoms with Gasteiger partial charge in [-0.05, 0) is 37.6 Å². The van der Waals surface area contributed by atoms with Gasteiger partial charge in [-0.1, -0.05) is 12.1 Å². The Labute approximate surface area is 124 Å². The Kier molecular flexibility index (Phi) is 4.74. The first kappa shape index (κ1) is 15.2. The van der Waals surface area contributed by atoms with Crippen molar-refractivity contribution in [2.24, 2.45) is 0 Å². The van der Waals surface area contributed by atoms with Crippen molar-refractivity contribution in [1.82, 2.24) is 9.97 Å². The minimum atomic E-state index is -3.30. The highest BCUT2D eigenvalue weighted by atomic mass is 32.2.